The molecule has 1 amide bonds. The molecule has 2 aromatic heterocycles. The van der Waals surface area contributed by atoms with Gasteiger partial charge in [-0.1, -0.05) is 23.7 Å². The van der Waals surface area contributed by atoms with Crippen LogP contribution in [0, 0.1) is 11.6 Å². The van der Waals surface area contributed by atoms with Crippen LogP contribution in [-0.2, 0) is 13.0 Å². The normalized spacial score (nSPS) is 13.4. The van der Waals surface area contributed by atoms with Gasteiger partial charge in [0, 0.05) is 24.6 Å². The summed E-state index contributed by atoms with van der Waals surface area (Å²) in [5, 5.41) is 14.8. The predicted octanol–water partition coefficient (Wildman–Crippen LogP) is 4.86. The second kappa shape index (κ2) is 8.33. The van der Waals surface area contributed by atoms with Crippen LogP contribution >= 0.6 is 0 Å². The number of aromatic nitrogens is 4. The van der Waals surface area contributed by atoms with Gasteiger partial charge in [-0.15, -0.1) is 10.2 Å². The number of nitrogens with one attached hydrogen (secondary N) is 1. The summed E-state index contributed by atoms with van der Waals surface area (Å²) < 4.78 is 35.6. The van der Waals surface area contributed by atoms with Gasteiger partial charge >= 0.3 is 0 Å². The summed E-state index contributed by atoms with van der Waals surface area (Å²) in [6, 6.07) is 11.7. The number of aryl methyl sites for hydroxylation is 1. The summed E-state index contributed by atoms with van der Waals surface area (Å²) in [4.78, 5) is 12.6. The minimum Gasteiger partial charge on any atom is -0.355 e. The fourth-order valence-electron chi connectivity index (χ4n) is 3.82. The van der Waals surface area contributed by atoms with Gasteiger partial charge in [-0.25, -0.2) is 8.78 Å². The molecule has 1 aliphatic heterocycles. The zero-order valence-corrected chi connectivity index (χ0v) is 17.0. The van der Waals surface area contributed by atoms with E-state index in [2.05, 4.69) is 20.7 Å². The zero-order chi connectivity index (χ0) is 22.1. The van der Waals surface area contributed by atoms with Crippen LogP contribution in [0.4, 0.5) is 14.5 Å². The van der Waals surface area contributed by atoms with E-state index in [4.69, 9.17) is 4.52 Å². The molecule has 7 nitrogen and oxygen atoms in total. The van der Waals surface area contributed by atoms with Crippen LogP contribution in [0.15, 0.2) is 53.1 Å². The van der Waals surface area contributed by atoms with Crippen molar-refractivity contribution in [2.45, 2.75) is 32.2 Å². The third-order valence-corrected chi connectivity index (χ3v) is 5.46. The van der Waals surface area contributed by atoms with E-state index in [0.717, 1.165) is 38.1 Å². The molecule has 32 heavy (non-hydrogen) atoms. The fourth-order valence-corrected chi connectivity index (χ4v) is 3.82. The number of halogens is 2. The lowest BCUT2D eigenvalue weighted by Gasteiger charge is -2.10. The van der Waals surface area contributed by atoms with E-state index in [1.54, 1.807) is 18.2 Å². The number of carbonyl (C=O) groups is 1. The molecular formula is C23H19F2N5O2. The van der Waals surface area contributed by atoms with Crippen molar-refractivity contribution in [1.82, 2.24) is 19.9 Å². The average molecular weight is 435 g/mol. The molecule has 0 saturated heterocycles. The van der Waals surface area contributed by atoms with Crippen molar-refractivity contribution in [3.63, 3.8) is 0 Å². The Kier molecular flexibility index (Phi) is 5.22. The van der Waals surface area contributed by atoms with Crippen LogP contribution in [-0.4, -0.2) is 25.8 Å². The van der Waals surface area contributed by atoms with Crippen LogP contribution < -0.4 is 5.32 Å². The molecule has 0 spiro atoms. The number of fused-ring (bicyclic) bond motifs is 1. The standard InChI is InChI=1S/C23H19F2N5O2/c24-16-7-4-3-6-15(16)20-13-19(29-32-20)23(31)26-18-12-14(9-10-17(18)25)22-28-27-21-8-2-1-5-11-30(21)22/h3-4,6-7,9-10,12-13H,1-2,5,8,11H2,(H,26,31). The largest absolute Gasteiger partial charge is 0.355 e. The fraction of sp³-hybridized carbons (Fsp3) is 0.217. The highest BCUT2D eigenvalue weighted by Gasteiger charge is 2.20. The molecule has 5 rings (SSSR count). The second-order valence-electron chi connectivity index (χ2n) is 7.61. The van der Waals surface area contributed by atoms with Crippen molar-refractivity contribution in [3.05, 3.63) is 71.7 Å². The topological polar surface area (TPSA) is 85.8 Å². The minimum absolute atomic E-state index is 0.0195. The van der Waals surface area contributed by atoms with Crippen LogP contribution in [0.25, 0.3) is 22.7 Å². The summed E-state index contributed by atoms with van der Waals surface area (Å²) in [6.45, 7) is 0.800. The van der Waals surface area contributed by atoms with Crippen molar-refractivity contribution < 1.29 is 18.1 Å². The molecule has 1 aliphatic rings. The monoisotopic (exact) mass is 435 g/mol. The lowest BCUT2D eigenvalue weighted by atomic mass is 10.1. The summed E-state index contributed by atoms with van der Waals surface area (Å²) in [7, 11) is 0. The van der Waals surface area contributed by atoms with Gasteiger partial charge < -0.3 is 14.4 Å². The Balaban J connectivity index is 1.40. The first-order chi connectivity index (χ1) is 15.6. The smallest absolute Gasteiger partial charge is 0.277 e. The van der Waals surface area contributed by atoms with Gasteiger partial charge in [-0.05, 0) is 43.2 Å². The van der Waals surface area contributed by atoms with Crippen molar-refractivity contribution in [2.24, 2.45) is 0 Å². The Labute approximate surface area is 182 Å². The van der Waals surface area contributed by atoms with E-state index < -0.39 is 17.5 Å². The van der Waals surface area contributed by atoms with Crippen molar-refractivity contribution in [2.75, 3.05) is 5.32 Å². The zero-order valence-electron chi connectivity index (χ0n) is 17.0. The van der Waals surface area contributed by atoms with Gasteiger partial charge in [0.2, 0.25) is 0 Å². The number of anilines is 1. The first-order valence-electron chi connectivity index (χ1n) is 10.3. The van der Waals surface area contributed by atoms with E-state index in [0.29, 0.717) is 11.4 Å². The number of nitrogens with zero attached hydrogens (tertiary/aromatic N) is 4. The van der Waals surface area contributed by atoms with Gasteiger partial charge in [0.05, 0.1) is 11.3 Å². The van der Waals surface area contributed by atoms with Crippen LogP contribution in [0.3, 0.4) is 0 Å². The molecule has 0 atom stereocenters. The minimum atomic E-state index is -0.674. The van der Waals surface area contributed by atoms with Gasteiger partial charge in [-0.2, -0.15) is 0 Å². The highest BCUT2D eigenvalue weighted by Crippen LogP contribution is 2.28. The van der Waals surface area contributed by atoms with E-state index in [9.17, 15) is 13.6 Å². The van der Waals surface area contributed by atoms with Crippen LogP contribution in [0.1, 0.15) is 35.6 Å². The molecule has 162 valence electrons. The second-order valence-corrected chi connectivity index (χ2v) is 7.61. The molecule has 4 aromatic rings. The van der Waals surface area contributed by atoms with Crippen LogP contribution in [0.5, 0.6) is 0 Å². The molecule has 0 bridgehead atoms. The number of hydrogen-bond acceptors (Lipinski definition) is 5. The SMILES string of the molecule is O=C(Nc1cc(-c2nnc3n2CCCCC3)ccc1F)c1cc(-c2ccccc2F)on1. The number of amides is 1. The Bertz CT molecular complexity index is 1300. The summed E-state index contributed by atoms with van der Waals surface area (Å²) in [5.41, 5.74) is 0.715. The number of carbonyl (C=O) groups excluding carboxylic acids is 1. The Morgan fingerprint density at radius 3 is 2.75 bits per heavy atom. The first kappa shape index (κ1) is 20.0. The van der Waals surface area contributed by atoms with Crippen molar-refractivity contribution >= 4 is 11.6 Å². The molecule has 0 aliphatic carbocycles. The van der Waals surface area contributed by atoms with Crippen LogP contribution in [0.2, 0.25) is 0 Å². The van der Waals surface area contributed by atoms with Gasteiger partial charge in [0.15, 0.2) is 17.3 Å². The molecule has 3 heterocycles. The molecule has 0 unspecified atom stereocenters. The lowest BCUT2D eigenvalue weighted by molar-refractivity contribution is 0.101. The molecule has 0 saturated carbocycles. The maximum absolute atomic E-state index is 14.5. The highest BCUT2D eigenvalue weighted by molar-refractivity contribution is 6.03. The lowest BCUT2D eigenvalue weighted by Crippen LogP contribution is -2.13. The Morgan fingerprint density at radius 1 is 1.00 bits per heavy atom. The predicted molar refractivity (Wildman–Crippen MR) is 113 cm³/mol. The molecule has 9 heteroatoms. The average Bonchev–Trinajstić information content (AvgIpc) is 3.37. The molecule has 0 radical (unpaired) electrons. The molecule has 2 aromatic carbocycles. The van der Waals surface area contributed by atoms with Gasteiger partial charge in [0.1, 0.15) is 17.5 Å². The van der Waals surface area contributed by atoms with E-state index in [-0.39, 0.29) is 22.7 Å². The Morgan fingerprint density at radius 2 is 1.88 bits per heavy atom. The maximum Gasteiger partial charge on any atom is 0.277 e. The molecule has 0 fully saturated rings. The third-order valence-electron chi connectivity index (χ3n) is 5.46. The number of rotatable bonds is 4. The molecule has 1 N–H and O–H groups in total. The third kappa shape index (κ3) is 3.77. The van der Waals surface area contributed by atoms with E-state index in [1.165, 1.54) is 30.3 Å². The quantitative estimate of drug-likeness (QED) is 0.495. The maximum atomic E-state index is 14.5. The Hall–Kier alpha value is -3.88. The van der Waals surface area contributed by atoms with Crippen molar-refractivity contribution in [1.29, 1.82) is 0 Å². The highest BCUT2D eigenvalue weighted by atomic mass is 19.1. The van der Waals surface area contributed by atoms with E-state index >= 15 is 0 Å². The number of benzene rings is 2. The van der Waals surface area contributed by atoms with Gasteiger partial charge in [0.25, 0.3) is 5.91 Å². The first-order valence-corrected chi connectivity index (χ1v) is 10.3. The summed E-state index contributed by atoms with van der Waals surface area (Å²) in [6.07, 6.45) is 4.07. The summed E-state index contributed by atoms with van der Waals surface area (Å²) in [5.74, 6) is -0.116. The van der Waals surface area contributed by atoms with E-state index in [1.807, 2.05) is 4.57 Å². The molecular weight excluding hydrogens is 416 g/mol. The number of hydrogen-bond donors (Lipinski definition) is 1. The van der Waals surface area contributed by atoms with Crippen molar-refractivity contribution in [3.8, 4) is 22.7 Å². The summed E-state index contributed by atoms with van der Waals surface area (Å²) >= 11 is 0. The van der Waals surface area contributed by atoms with Gasteiger partial charge in [-0.3, -0.25) is 4.79 Å².